The van der Waals surface area contributed by atoms with E-state index in [4.69, 9.17) is 0 Å². The highest BCUT2D eigenvalue weighted by Crippen LogP contribution is 2.33. The summed E-state index contributed by atoms with van der Waals surface area (Å²) in [6.07, 6.45) is 1.93. The summed E-state index contributed by atoms with van der Waals surface area (Å²) < 4.78 is 13.8. The van der Waals surface area contributed by atoms with Gasteiger partial charge >= 0.3 is 0 Å². The van der Waals surface area contributed by atoms with Crippen molar-refractivity contribution < 1.29 is 14.3 Å². The van der Waals surface area contributed by atoms with E-state index in [2.05, 4.69) is 10.3 Å². The van der Waals surface area contributed by atoms with Crippen LogP contribution in [-0.2, 0) is 17.6 Å². The van der Waals surface area contributed by atoms with Crippen LogP contribution in [0.5, 0.6) is 5.88 Å². The fraction of sp³-hybridized carbons (Fsp3) is 0.200. The number of rotatable bonds is 4. The fourth-order valence-corrected chi connectivity index (χ4v) is 4.07. The van der Waals surface area contributed by atoms with E-state index in [9.17, 15) is 14.3 Å². The summed E-state index contributed by atoms with van der Waals surface area (Å²) in [7, 11) is 0. The third-order valence-electron chi connectivity index (χ3n) is 4.52. The van der Waals surface area contributed by atoms with Crippen molar-refractivity contribution in [2.45, 2.75) is 19.3 Å². The van der Waals surface area contributed by atoms with Crippen molar-refractivity contribution in [3.8, 4) is 5.88 Å². The molecule has 7 heteroatoms. The van der Waals surface area contributed by atoms with Gasteiger partial charge < -0.3 is 15.3 Å². The van der Waals surface area contributed by atoms with Gasteiger partial charge in [0, 0.05) is 12.2 Å². The van der Waals surface area contributed by atoms with Gasteiger partial charge in [0.1, 0.15) is 5.82 Å². The zero-order chi connectivity index (χ0) is 18.8. The lowest BCUT2D eigenvalue weighted by atomic mass is 10.0. The zero-order valence-corrected chi connectivity index (χ0v) is 15.3. The van der Waals surface area contributed by atoms with Gasteiger partial charge in [-0.2, -0.15) is 4.98 Å². The van der Waals surface area contributed by atoms with E-state index in [1.165, 1.54) is 6.07 Å². The van der Waals surface area contributed by atoms with Gasteiger partial charge in [0.2, 0.25) is 11.8 Å². The normalized spacial score (nSPS) is 13.3. The Labute approximate surface area is 160 Å². The second kappa shape index (κ2) is 7.36. The molecule has 1 aliphatic rings. The van der Waals surface area contributed by atoms with Gasteiger partial charge in [0.15, 0.2) is 5.13 Å². The molecule has 0 saturated heterocycles. The Morgan fingerprint density at radius 3 is 2.85 bits per heavy atom. The average Bonchev–Trinajstić information content (AvgIpc) is 3.02. The number of nitrogens with one attached hydrogen (secondary N) is 1. The minimum absolute atomic E-state index is 0.0524. The first-order valence-electron chi connectivity index (χ1n) is 8.70. The number of hydrogen-bond acceptors (Lipinski definition) is 5. The number of aryl methyl sites for hydroxylation is 1. The lowest BCUT2D eigenvalue weighted by Gasteiger charge is -2.29. The maximum Gasteiger partial charge on any atom is 0.232 e. The number of carbonyl (C=O) groups excluding carboxylic acids is 1. The summed E-state index contributed by atoms with van der Waals surface area (Å²) in [5, 5.41) is 13.3. The largest absolute Gasteiger partial charge is 0.492 e. The Morgan fingerprint density at radius 2 is 2.00 bits per heavy atom. The van der Waals surface area contributed by atoms with Crippen molar-refractivity contribution in [3.63, 3.8) is 0 Å². The number of carbonyl (C=O) groups is 1. The van der Waals surface area contributed by atoms with Gasteiger partial charge in [-0.05, 0) is 36.6 Å². The van der Waals surface area contributed by atoms with Crippen LogP contribution >= 0.6 is 11.3 Å². The number of hydrogen-bond donors (Lipinski definition) is 2. The van der Waals surface area contributed by atoms with E-state index in [-0.39, 0.29) is 23.9 Å². The molecule has 0 fully saturated rings. The number of anilines is 3. The summed E-state index contributed by atoms with van der Waals surface area (Å²) in [6.45, 7) is 0.662. The standard InChI is InChI=1S/C20H18FN3O2S/c21-14-8-2-3-9-15(14)22-20-23-19(26)17(27-20)12-18(25)24-11-5-7-13-6-1-4-10-16(13)24/h1-4,6,8-10,26H,5,7,11-12H2,(H,22,23). The van der Waals surface area contributed by atoms with Crippen molar-refractivity contribution in [3.05, 3.63) is 64.8 Å². The van der Waals surface area contributed by atoms with Crippen LogP contribution in [0, 0.1) is 5.82 Å². The number of aromatic nitrogens is 1. The molecule has 138 valence electrons. The van der Waals surface area contributed by atoms with Crippen LogP contribution in [0.25, 0.3) is 0 Å². The summed E-state index contributed by atoms with van der Waals surface area (Å²) >= 11 is 1.15. The van der Waals surface area contributed by atoms with Gasteiger partial charge in [-0.1, -0.05) is 41.7 Å². The minimum Gasteiger partial charge on any atom is -0.492 e. The Morgan fingerprint density at radius 1 is 1.22 bits per heavy atom. The van der Waals surface area contributed by atoms with Gasteiger partial charge in [-0.25, -0.2) is 4.39 Å². The molecule has 5 nitrogen and oxygen atoms in total. The Bertz CT molecular complexity index is 989. The van der Waals surface area contributed by atoms with Crippen molar-refractivity contribution in [1.29, 1.82) is 0 Å². The number of benzene rings is 2. The molecule has 1 aromatic heterocycles. The molecule has 27 heavy (non-hydrogen) atoms. The quantitative estimate of drug-likeness (QED) is 0.707. The van der Waals surface area contributed by atoms with E-state index in [1.54, 1.807) is 23.1 Å². The SMILES string of the molecule is O=C(Cc1sc(Nc2ccccc2F)nc1O)N1CCCc2ccccc21. The lowest BCUT2D eigenvalue weighted by Crippen LogP contribution is -2.36. The van der Waals surface area contributed by atoms with E-state index in [0.717, 1.165) is 35.4 Å². The van der Waals surface area contributed by atoms with E-state index in [0.29, 0.717) is 16.6 Å². The van der Waals surface area contributed by atoms with E-state index in [1.807, 2.05) is 24.3 Å². The highest BCUT2D eigenvalue weighted by atomic mass is 32.1. The van der Waals surface area contributed by atoms with Crippen molar-refractivity contribution >= 4 is 33.8 Å². The Balaban J connectivity index is 1.51. The van der Waals surface area contributed by atoms with Crippen LogP contribution in [0.4, 0.5) is 20.9 Å². The summed E-state index contributed by atoms with van der Waals surface area (Å²) in [5.74, 6) is -0.689. The number of nitrogens with zero attached hydrogens (tertiary/aromatic N) is 2. The molecule has 0 saturated carbocycles. The highest BCUT2D eigenvalue weighted by Gasteiger charge is 2.24. The predicted molar refractivity (Wildman–Crippen MR) is 104 cm³/mol. The number of aromatic hydroxyl groups is 1. The van der Waals surface area contributed by atoms with Gasteiger partial charge in [0.05, 0.1) is 17.0 Å². The molecule has 0 aliphatic carbocycles. The van der Waals surface area contributed by atoms with Gasteiger partial charge in [-0.15, -0.1) is 0 Å². The predicted octanol–water partition coefficient (Wildman–Crippen LogP) is 4.25. The number of amides is 1. The van der Waals surface area contributed by atoms with E-state index < -0.39 is 5.82 Å². The first-order valence-corrected chi connectivity index (χ1v) is 9.52. The van der Waals surface area contributed by atoms with Crippen molar-refractivity contribution in [1.82, 2.24) is 4.98 Å². The second-order valence-electron chi connectivity index (χ2n) is 6.33. The van der Waals surface area contributed by atoms with Crippen LogP contribution in [0.3, 0.4) is 0 Å². The van der Waals surface area contributed by atoms with Gasteiger partial charge in [0.25, 0.3) is 0 Å². The monoisotopic (exact) mass is 383 g/mol. The molecule has 0 atom stereocenters. The molecule has 0 unspecified atom stereocenters. The zero-order valence-electron chi connectivity index (χ0n) is 14.5. The van der Waals surface area contributed by atoms with Crippen LogP contribution in [-0.4, -0.2) is 22.5 Å². The summed E-state index contributed by atoms with van der Waals surface area (Å²) in [4.78, 5) is 19.1. The molecule has 2 aromatic carbocycles. The molecule has 2 heterocycles. The molecule has 0 bridgehead atoms. The maximum absolute atomic E-state index is 13.8. The Hall–Kier alpha value is -2.93. The topological polar surface area (TPSA) is 65.5 Å². The molecule has 1 aliphatic heterocycles. The molecule has 0 radical (unpaired) electrons. The summed E-state index contributed by atoms with van der Waals surface area (Å²) in [5.41, 5.74) is 2.36. The third-order valence-corrected chi connectivity index (χ3v) is 5.48. The molecular formula is C20H18FN3O2S. The Kier molecular flexibility index (Phi) is 4.77. The number of halogens is 1. The molecule has 4 rings (SSSR count). The maximum atomic E-state index is 13.8. The van der Waals surface area contributed by atoms with Crippen LogP contribution in [0.1, 0.15) is 16.9 Å². The second-order valence-corrected chi connectivity index (χ2v) is 7.41. The van der Waals surface area contributed by atoms with Crippen LogP contribution in [0.2, 0.25) is 0 Å². The van der Waals surface area contributed by atoms with Crippen molar-refractivity contribution in [2.24, 2.45) is 0 Å². The average molecular weight is 383 g/mol. The third kappa shape index (κ3) is 3.64. The molecule has 2 N–H and O–H groups in total. The molecule has 0 spiro atoms. The van der Waals surface area contributed by atoms with E-state index >= 15 is 0 Å². The van der Waals surface area contributed by atoms with Crippen molar-refractivity contribution in [2.75, 3.05) is 16.8 Å². The van der Waals surface area contributed by atoms with Crippen LogP contribution < -0.4 is 10.2 Å². The van der Waals surface area contributed by atoms with Crippen LogP contribution in [0.15, 0.2) is 48.5 Å². The fourth-order valence-electron chi connectivity index (χ4n) is 3.22. The number of para-hydroxylation sites is 2. The molecular weight excluding hydrogens is 365 g/mol. The first kappa shape index (κ1) is 17.5. The van der Waals surface area contributed by atoms with Gasteiger partial charge in [-0.3, -0.25) is 4.79 Å². The number of thiazole rings is 1. The highest BCUT2D eigenvalue weighted by molar-refractivity contribution is 7.16. The molecule has 3 aromatic rings. The number of fused-ring (bicyclic) bond motifs is 1. The smallest absolute Gasteiger partial charge is 0.232 e. The minimum atomic E-state index is -0.408. The lowest BCUT2D eigenvalue weighted by molar-refractivity contribution is -0.118. The summed E-state index contributed by atoms with van der Waals surface area (Å²) in [6, 6.07) is 14.1. The first-order chi connectivity index (χ1) is 13.1. The molecule has 1 amide bonds.